The van der Waals surface area contributed by atoms with Crippen LogP contribution in [-0.2, 0) is 12.6 Å². The number of nitrogens with two attached hydrogens (primary N) is 1. The van der Waals surface area contributed by atoms with Gasteiger partial charge in [0.25, 0.3) is 0 Å². The van der Waals surface area contributed by atoms with Gasteiger partial charge in [0, 0.05) is 12.2 Å². The largest absolute Gasteiger partial charge is 0.433 e. The fourth-order valence-corrected chi connectivity index (χ4v) is 1.68. The van der Waals surface area contributed by atoms with Gasteiger partial charge in [-0.2, -0.15) is 13.2 Å². The maximum atomic E-state index is 12.3. The van der Waals surface area contributed by atoms with Crippen LogP contribution in [0.1, 0.15) is 29.3 Å². The van der Waals surface area contributed by atoms with Gasteiger partial charge in [-0.3, -0.25) is 4.98 Å². The lowest BCUT2D eigenvalue weighted by molar-refractivity contribution is -0.141. The summed E-state index contributed by atoms with van der Waals surface area (Å²) < 4.78 is 36.8. The SMILES string of the molecule is N[C@@H]1CCc2cc(C(F)(F)F)ncc21. The highest BCUT2D eigenvalue weighted by Crippen LogP contribution is 2.33. The Labute approximate surface area is 78.9 Å². The maximum Gasteiger partial charge on any atom is 0.433 e. The normalized spacial score (nSPS) is 21.0. The zero-order valence-electron chi connectivity index (χ0n) is 7.30. The predicted octanol–water partition coefficient (Wildman–Crippen LogP) is 2.05. The molecule has 0 fully saturated rings. The lowest BCUT2D eigenvalue weighted by atomic mass is 10.1. The number of alkyl halides is 3. The van der Waals surface area contributed by atoms with Gasteiger partial charge in [-0.05, 0) is 30.0 Å². The molecule has 2 rings (SSSR count). The topological polar surface area (TPSA) is 38.9 Å². The van der Waals surface area contributed by atoms with Crippen molar-refractivity contribution >= 4 is 0 Å². The van der Waals surface area contributed by atoms with E-state index in [9.17, 15) is 13.2 Å². The first kappa shape index (κ1) is 9.45. The van der Waals surface area contributed by atoms with Crippen LogP contribution in [0.15, 0.2) is 12.3 Å². The number of hydrogen-bond acceptors (Lipinski definition) is 2. The molecule has 0 unspecified atom stereocenters. The Morgan fingerprint density at radius 2 is 2.14 bits per heavy atom. The maximum absolute atomic E-state index is 12.3. The fourth-order valence-electron chi connectivity index (χ4n) is 1.68. The number of rotatable bonds is 0. The number of fused-ring (bicyclic) bond motifs is 1. The van der Waals surface area contributed by atoms with Crippen LogP contribution in [0.5, 0.6) is 0 Å². The number of nitrogens with zero attached hydrogens (tertiary/aromatic N) is 1. The van der Waals surface area contributed by atoms with Gasteiger partial charge in [0.05, 0.1) is 0 Å². The summed E-state index contributed by atoms with van der Waals surface area (Å²) in [6.45, 7) is 0. The summed E-state index contributed by atoms with van der Waals surface area (Å²) in [6.07, 6.45) is -1.79. The number of aromatic nitrogens is 1. The van der Waals surface area contributed by atoms with Gasteiger partial charge in [-0.15, -0.1) is 0 Å². The third-order valence-corrected chi connectivity index (χ3v) is 2.44. The van der Waals surface area contributed by atoms with Crippen LogP contribution in [0.3, 0.4) is 0 Å². The molecule has 76 valence electrons. The molecule has 5 heteroatoms. The van der Waals surface area contributed by atoms with Gasteiger partial charge >= 0.3 is 6.18 Å². The van der Waals surface area contributed by atoms with E-state index in [-0.39, 0.29) is 6.04 Å². The molecule has 0 amide bonds. The minimum atomic E-state index is -4.36. The molecule has 1 aliphatic carbocycles. The molecule has 1 atom stereocenters. The van der Waals surface area contributed by atoms with E-state index in [2.05, 4.69) is 4.98 Å². The highest BCUT2D eigenvalue weighted by atomic mass is 19.4. The molecule has 1 heterocycles. The van der Waals surface area contributed by atoms with Crippen molar-refractivity contribution in [2.24, 2.45) is 5.73 Å². The monoisotopic (exact) mass is 202 g/mol. The molecule has 0 saturated heterocycles. The van der Waals surface area contributed by atoms with Crippen LogP contribution in [-0.4, -0.2) is 4.98 Å². The van der Waals surface area contributed by atoms with E-state index in [0.29, 0.717) is 18.4 Å². The first-order valence-corrected chi connectivity index (χ1v) is 4.30. The van der Waals surface area contributed by atoms with E-state index >= 15 is 0 Å². The van der Waals surface area contributed by atoms with Crippen LogP contribution in [0.2, 0.25) is 0 Å². The second-order valence-corrected chi connectivity index (χ2v) is 3.41. The third kappa shape index (κ3) is 1.48. The summed E-state index contributed by atoms with van der Waals surface area (Å²) in [5, 5.41) is 0. The summed E-state index contributed by atoms with van der Waals surface area (Å²) in [5.74, 6) is 0. The molecular weight excluding hydrogens is 193 g/mol. The molecule has 0 spiro atoms. The van der Waals surface area contributed by atoms with Gasteiger partial charge in [0.2, 0.25) is 0 Å². The average molecular weight is 202 g/mol. The van der Waals surface area contributed by atoms with E-state index in [0.717, 1.165) is 11.6 Å². The molecular formula is C9H9F3N2. The lowest BCUT2D eigenvalue weighted by Gasteiger charge is -2.08. The van der Waals surface area contributed by atoms with Crippen molar-refractivity contribution in [2.75, 3.05) is 0 Å². The first-order chi connectivity index (χ1) is 6.48. The third-order valence-electron chi connectivity index (χ3n) is 2.44. The van der Waals surface area contributed by atoms with Crippen molar-refractivity contribution in [3.63, 3.8) is 0 Å². The summed E-state index contributed by atoms with van der Waals surface area (Å²) in [6, 6.07) is 0.946. The summed E-state index contributed by atoms with van der Waals surface area (Å²) in [7, 11) is 0. The number of hydrogen-bond donors (Lipinski definition) is 1. The second-order valence-electron chi connectivity index (χ2n) is 3.41. The van der Waals surface area contributed by atoms with Crippen molar-refractivity contribution < 1.29 is 13.2 Å². The second kappa shape index (κ2) is 2.95. The molecule has 1 aromatic heterocycles. The lowest BCUT2D eigenvalue weighted by Crippen LogP contribution is -2.10. The molecule has 1 aromatic rings. The summed E-state index contributed by atoms with van der Waals surface area (Å²) in [5.41, 5.74) is 6.28. The minimum absolute atomic E-state index is 0.153. The fraction of sp³-hybridized carbons (Fsp3) is 0.444. The van der Waals surface area contributed by atoms with E-state index < -0.39 is 11.9 Å². The zero-order valence-corrected chi connectivity index (χ0v) is 7.30. The van der Waals surface area contributed by atoms with Crippen molar-refractivity contribution in [1.29, 1.82) is 0 Å². The highest BCUT2D eigenvalue weighted by molar-refractivity contribution is 5.34. The Hall–Kier alpha value is -1.10. The summed E-state index contributed by atoms with van der Waals surface area (Å²) >= 11 is 0. The van der Waals surface area contributed by atoms with E-state index in [1.165, 1.54) is 6.20 Å². The number of aryl methyl sites for hydroxylation is 1. The van der Waals surface area contributed by atoms with Gasteiger partial charge in [0.15, 0.2) is 0 Å². The molecule has 2 nitrogen and oxygen atoms in total. The van der Waals surface area contributed by atoms with Crippen molar-refractivity contribution in [3.05, 3.63) is 29.1 Å². The molecule has 14 heavy (non-hydrogen) atoms. The number of halogens is 3. The molecule has 0 aromatic carbocycles. The molecule has 0 radical (unpaired) electrons. The molecule has 0 saturated carbocycles. The van der Waals surface area contributed by atoms with Gasteiger partial charge in [-0.25, -0.2) is 0 Å². The van der Waals surface area contributed by atoms with Crippen LogP contribution >= 0.6 is 0 Å². The quantitative estimate of drug-likeness (QED) is 0.699. The Bertz CT molecular complexity index is 360. The Morgan fingerprint density at radius 1 is 1.43 bits per heavy atom. The van der Waals surface area contributed by atoms with Gasteiger partial charge in [-0.1, -0.05) is 0 Å². The zero-order chi connectivity index (χ0) is 10.3. The Morgan fingerprint density at radius 3 is 2.79 bits per heavy atom. The smallest absolute Gasteiger partial charge is 0.324 e. The average Bonchev–Trinajstić information content (AvgIpc) is 2.46. The van der Waals surface area contributed by atoms with Crippen molar-refractivity contribution in [2.45, 2.75) is 25.1 Å². The van der Waals surface area contributed by atoms with E-state index in [1.807, 2.05) is 0 Å². The number of pyridine rings is 1. The van der Waals surface area contributed by atoms with Gasteiger partial charge < -0.3 is 5.73 Å². The van der Waals surface area contributed by atoms with Crippen molar-refractivity contribution in [3.8, 4) is 0 Å². The van der Waals surface area contributed by atoms with Crippen LogP contribution in [0.4, 0.5) is 13.2 Å². The van der Waals surface area contributed by atoms with E-state index in [4.69, 9.17) is 5.73 Å². The molecule has 0 aliphatic heterocycles. The van der Waals surface area contributed by atoms with Crippen LogP contribution < -0.4 is 5.73 Å². The standard InChI is InChI=1S/C9H9F3N2/c10-9(11,12)8-3-5-1-2-7(13)6(5)4-14-8/h3-4,7H,1-2,13H2/t7-/m1/s1. The van der Waals surface area contributed by atoms with Crippen molar-refractivity contribution in [1.82, 2.24) is 4.98 Å². The molecule has 1 aliphatic rings. The van der Waals surface area contributed by atoms with Gasteiger partial charge in [0.1, 0.15) is 5.69 Å². The Balaban J connectivity index is 2.42. The van der Waals surface area contributed by atoms with Crippen LogP contribution in [0.25, 0.3) is 0 Å². The minimum Gasteiger partial charge on any atom is -0.324 e. The predicted molar refractivity (Wildman–Crippen MR) is 44.5 cm³/mol. The van der Waals surface area contributed by atoms with Crippen LogP contribution in [0, 0.1) is 0 Å². The highest BCUT2D eigenvalue weighted by Gasteiger charge is 2.34. The molecule has 2 N–H and O–H groups in total. The van der Waals surface area contributed by atoms with E-state index in [1.54, 1.807) is 0 Å². The summed E-state index contributed by atoms with van der Waals surface area (Å²) in [4.78, 5) is 3.37. The first-order valence-electron chi connectivity index (χ1n) is 4.30. The Kier molecular flexibility index (Phi) is 1.99. The molecule has 0 bridgehead atoms.